The molecule has 19 heavy (non-hydrogen) atoms. The molecule has 0 bridgehead atoms. The third-order valence-electron chi connectivity index (χ3n) is 2.35. The number of hydrogen-bond acceptors (Lipinski definition) is 3. The van der Waals surface area contributed by atoms with E-state index in [1.54, 1.807) is 18.2 Å². The van der Waals surface area contributed by atoms with Gasteiger partial charge in [-0.05, 0) is 30.3 Å². The molecule has 2 rings (SSSR count). The van der Waals surface area contributed by atoms with Crippen LogP contribution in [0.2, 0.25) is 10.2 Å². The summed E-state index contributed by atoms with van der Waals surface area (Å²) >= 11 is 11.7. The molecular weight excluding hydrogens is 285 g/mol. The smallest absolute Gasteiger partial charge is 0.258 e. The van der Waals surface area contributed by atoms with Crippen LogP contribution in [0.1, 0.15) is 15.9 Å². The molecule has 1 aromatic carbocycles. The number of carbonyl (C=O) groups excluding carboxylic acids is 1. The number of benzene rings is 1. The van der Waals surface area contributed by atoms with Crippen molar-refractivity contribution in [3.63, 3.8) is 0 Å². The average Bonchev–Trinajstić information content (AvgIpc) is 2.39. The van der Waals surface area contributed by atoms with Crippen LogP contribution >= 0.6 is 23.2 Å². The van der Waals surface area contributed by atoms with Gasteiger partial charge >= 0.3 is 0 Å². The Hall–Kier alpha value is -2.09. The standard InChI is InChI=1S/C13H7Cl2N3O/c14-11-6-9(4-3-8(11)7-16)18-13(19)10-2-1-5-17-12(10)15/h1-6H,(H,18,19). The van der Waals surface area contributed by atoms with Crippen molar-refractivity contribution in [2.45, 2.75) is 0 Å². The Morgan fingerprint density at radius 2 is 2.11 bits per heavy atom. The molecule has 0 aliphatic rings. The molecule has 0 aliphatic carbocycles. The Bertz CT molecular complexity index is 680. The van der Waals surface area contributed by atoms with Gasteiger partial charge in [-0.2, -0.15) is 5.26 Å². The highest BCUT2D eigenvalue weighted by Gasteiger charge is 2.11. The van der Waals surface area contributed by atoms with E-state index in [1.807, 2.05) is 6.07 Å². The summed E-state index contributed by atoms with van der Waals surface area (Å²) < 4.78 is 0. The number of nitriles is 1. The fraction of sp³-hybridized carbons (Fsp3) is 0. The van der Waals surface area contributed by atoms with E-state index in [0.29, 0.717) is 11.3 Å². The van der Waals surface area contributed by atoms with Crippen LogP contribution in [-0.2, 0) is 0 Å². The number of nitrogens with zero attached hydrogens (tertiary/aromatic N) is 2. The molecule has 1 N–H and O–H groups in total. The molecule has 0 unspecified atom stereocenters. The lowest BCUT2D eigenvalue weighted by Gasteiger charge is -2.06. The molecule has 0 fully saturated rings. The summed E-state index contributed by atoms with van der Waals surface area (Å²) in [5.74, 6) is -0.390. The number of hydrogen-bond donors (Lipinski definition) is 1. The van der Waals surface area contributed by atoms with Crippen molar-refractivity contribution >= 4 is 34.8 Å². The fourth-order valence-electron chi connectivity index (χ4n) is 1.44. The Morgan fingerprint density at radius 3 is 2.74 bits per heavy atom. The van der Waals surface area contributed by atoms with Crippen molar-refractivity contribution in [3.8, 4) is 6.07 Å². The lowest BCUT2D eigenvalue weighted by molar-refractivity contribution is 0.102. The Morgan fingerprint density at radius 1 is 1.32 bits per heavy atom. The van der Waals surface area contributed by atoms with Crippen molar-refractivity contribution in [1.82, 2.24) is 4.98 Å². The number of anilines is 1. The second kappa shape index (κ2) is 5.70. The second-order valence-corrected chi connectivity index (χ2v) is 4.37. The van der Waals surface area contributed by atoms with Gasteiger partial charge in [-0.25, -0.2) is 4.98 Å². The number of nitrogens with one attached hydrogen (secondary N) is 1. The highest BCUT2D eigenvalue weighted by Crippen LogP contribution is 2.21. The summed E-state index contributed by atoms with van der Waals surface area (Å²) in [5, 5.41) is 11.8. The first-order valence-electron chi connectivity index (χ1n) is 5.23. The average molecular weight is 292 g/mol. The third kappa shape index (κ3) is 3.02. The second-order valence-electron chi connectivity index (χ2n) is 3.60. The van der Waals surface area contributed by atoms with Crippen LogP contribution in [0.25, 0.3) is 0 Å². The van der Waals surface area contributed by atoms with Gasteiger partial charge in [0, 0.05) is 11.9 Å². The monoisotopic (exact) mass is 291 g/mol. The number of aromatic nitrogens is 1. The summed E-state index contributed by atoms with van der Waals surface area (Å²) in [6.07, 6.45) is 1.50. The largest absolute Gasteiger partial charge is 0.322 e. The first-order valence-corrected chi connectivity index (χ1v) is 5.99. The minimum absolute atomic E-state index is 0.125. The van der Waals surface area contributed by atoms with Gasteiger partial charge in [-0.3, -0.25) is 4.79 Å². The molecule has 94 valence electrons. The molecule has 4 nitrogen and oxygen atoms in total. The summed E-state index contributed by atoms with van der Waals surface area (Å²) in [6.45, 7) is 0. The zero-order chi connectivity index (χ0) is 13.8. The minimum Gasteiger partial charge on any atom is -0.322 e. The SMILES string of the molecule is N#Cc1ccc(NC(=O)c2cccnc2Cl)cc1Cl. The number of amides is 1. The van der Waals surface area contributed by atoms with E-state index in [0.717, 1.165) is 0 Å². The predicted octanol–water partition coefficient (Wildman–Crippen LogP) is 3.51. The maximum absolute atomic E-state index is 12.0. The van der Waals surface area contributed by atoms with E-state index in [4.69, 9.17) is 28.5 Å². The molecule has 0 saturated heterocycles. The predicted molar refractivity (Wildman–Crippen MR) is 73.4 cm³/mol. The number of pyridine rings is 1. The molecule has 2 aromatic rings. The van der Waals surface area contributed by atoms with Crippen LogP contribution in [0.4, 0.5) is 5.69 Å². The van der Waals surface area contributed by atoms with Gasteiger partial charge in [0.25, 0.3) is 5.91 Å². The van der Waals surface area contributed by atoms with Crippen molar-refractivity contribution < 1.29 is 4.79 Å². The molecule has 0 aliphatic heterocycles. The van der Waals surface area contributed by atoms with Crippen LogP contribution < -0.4 is 5.32 Å². The summed E-state index contributed by atoms with van der Waals surface area (Å²) in [5.41, 5.74) is 1.10. The molecule has 0 radical (unpaired) electrons. The van der Waals surface area contributed by atoms with E-state index < -0.39 is 0 Å². The topological polar surface area (TPSA) is 65.8 Å². The van der Waals surface area contributed by atoms with Gasteiger partial charge in [0.05, 0.1) is 16.1 Å². The van der Waals surface area contributed by atoms with Gasteiger partial charge in [0.15, 0.2) is 0 Å². The normalized spacial score (nSPS) is 9.74. The lowest BCUT2D eigenvalue weighted by Crippen LogP contribution is -2.12. The van der Waals surface area contributed by atoms with Crippen LogP contribution in [-0.4, -0.2) is 10.9 Å². The number of carbonyl (C=O) groups is 1. The van der Waals surface area contributed by atoms with E-state index in [1.165, 1.54) is 18.3 Å². The summed E-state index contributed by atoms with van der Waals surface area (Å²) in [6, 6.07) is 9.75. The van der Waals surface area contributed by atoms with Gasteiger partial charge in [-0.1, -0.05) is 23.2 Å². The zero-order valence-corrected chi connectivity index (χ0v) is 11.0. The van der Waals surface area contributed by atoms with E-state index >= 15 is 0 Å². The highest BCUT2D eigenvalue weighted by molar-refractivity contribution is 6.33. The quantitative estimate of drug-likeness (QED) is 0.861. The van der Waals surface area contributed by atoms with E-state index in [2.05, 4.69) is 10.3 Å². The zero-order valence-electron chi connectivity index (χ0n) is 9.52. The number of halogens is 2. The third-order valence-corrected chi connectivity index (χ3v) is 2.97. The van der Waals surface area contributed by atoms with Crippen molar-refractivity contribution in [2.75, 3.05) is 5.32 Å². The highest BCUT2D eigenvalue weighted by atomic mass is 35.5. The molecule has 0 atom stereocenters. The molecule has 1 heterocycles. The van der Waals surface area contributed by atoms with Gasteiger partial charge < -0.3 is 5.32 Å². The van der Waals surface area contributed by atoms with Gasteiger partial charge in [0.1, 0.15) is 11.2 Å². The lowest BCUT2D eigenvalue weighted by atomic mass is 10.2. The molecule has 6 heteroatoms. The maximum Gasteiger partial charge on any atom is 0.258 e. The van der Waals surface area contributed by atoms with Crippen LogP contribution in [0.15, 0.2) is 36.5 Å². The van der Waals surface area contributed by atoms with Gasteiger partial charge in [-0.15, -0.1) is 0 Å². The first kappa shape index (κ1) is 13.3. The maximum atomic E-state index is 12.0. The van der Waals surface area contributed by atoms with Gasteiger partial charge in [0.2, 0.25) is 0 Å². The van der Waals surface area contributed by atoms with Crippen LogP contribution in [0, 0.1) is 11.3 Å². The first-order chi connectivity index (χ1) is 9.11. The molecule has 1 aromatic heterocycles. The fourth-order valence-corrected chi connectivity index (χ4v) is 1.87. The molecule has 0 saturated carbocycles. The van der Waals surface area contributed by atoms with Crippen LogP contribution in [0.3, 0.4) is 0 Å². The molecule has 0 spiro atoms. The Balaban J connectivity index is 2.23. The van der Waals surface area contributed by atoms with E-state index in [-0.39, 0.29) is 21.6 Å². The minimum atomic E-state index is -0.390. The van der Waals surface area contributed by atoms with Crippen molar-refractivity contribution in [3.05, 3.63) is 57.8 Å². The summed E-state index contributed by atoms with van der Waals surface area (Å²) in [4.78, 5) is 15.8. The molecule has 1 amide bonds. The molecular formula is C13H7Cl2N3O. The van der Waals surface area contributed by atoms with E-state index in [9.17, 15) is 4.79 Å². The van der Waals surface area contributed by atoms with Crippen LogP contribution in [0.5, 0.6) is 0 Å². The van der Waals surface area contributed by atoms with Crippen molar-refractivity contribution in [2.24, 2.45) is 0 Å². The van der Waals surface area contributed by atoms with Crippen molar-refractivity contribution in [1.29, 1.82) is 5.26 Å². The Kier molecular flexibility index (Phi) is 4.00. The Labute approximate surface area is 119 Å². The number of rotatable bonds is 2. The summed E-state index contributed by atoms with van der Waals surface area (Å²) in [7, 11) is 0.